The molecule has 0 bridgehead atoms. The van der Waals surface area contributed by atoms with E-state index in [1.807, 2.05) is 0 Å². The van der Waals surface area contributed by atoms with Gasteiger partial charge in [0, 0.05) is 6.04 Å². The van der Waals surface area contributed by atoms with Gasteiger partial charge in [-0.3, -0.25) is 9.59 Å². The Balaban J connectivity index is 3.03. The summed E-state index contributed by atoms with van der Waals surface area (Å²) in [6.45, 7) is 3.14. The van der Waals surface area contributed by atoms with Gasteiger partial charge in [-0.15, -0.1) is 0 Å². The van der Waals surface area contributed by atoms with E-state index < -0.39 is 17.8 Å². The summed E-state index contributed by atoms with van der Waals surface area (Å²) in [4.78, 5) is 41.6. The van der Waals surface area contributed by atoms with Gasteiger partial charge in [0.05, 0.1) is 13.4 Å². The first-order chi connectivity index (χ1) is 8.88. The lowest BCUT2D eigenvalue weighted by Crippen LogP contribution is -2.41. The van der Waals surface area contributed by atoms with Crippen LogP contribution in [-0.2, 0) is 9.53 Å². The number of hydrogen-bond acceptors (Lipinski definition) is 5. The molecule has 1 rings (SSSR count). The van der Waals surface area contributed by atoms with E-state index in [2.05, 4.69) is 14.7 Å². The smallest absolute Gasteiger partial charge is 0.354 e. The minimum atomic E-state index is -1.29. The number of ether oxygens (including phenoxy) is 1. The van der Waals surface area contributed by atoms with Crippen LogP contribution in [0.1, 0.15) is 34.8 Å². The first kappa shape index (κ1) is 14.7. The van der Waals surface area contributed by atoms with Gasteiger partial charge in [0.2, 0.25) is 0 Å². The van der Waals surface area contributed by atoms with Gasteiger partial charge in [-0.2, -0.15) is 0 Å². The number of rotatable bonds is 5. The molecule has 8 nitrogen and oxygen atoms in total. The SMILES string of the molecule is COC(=O)CN(C(=O)c1nc[nH]c1C(=O)O)C(C)C. The van der Waals surface area contributed by atoms with Gasteiger partial charge in [0.1, 0.15) is 6.54 Å². The number of carboxylic acids is 1. The quantitative estimate of drug-likeness (QED) is 0.735. The predicted octanol–water partition coefficient (Wildman–Crippen LogP) is 0.131. The molecule has 0 saturated heterocycles. The van der Waals surface area contributed by atoms with Crippen LogP contribution in [0.5, 0.6) is 0 Å². The van der Waals surface area contributed by atoms with Crippen molar-refractivity contribution in [3.63, 3.8) is 0 Å². The molecule has 0 saturated carbocycles. The zero-order chi connectivity index (χ0) is 14.6. The van der Waals surface area contributed by atoms with Gasteiger partial charge >= 0.3 is 11.9 Å². The number of aromatic nitrogens is 2. The highest BCUT2D eigenvalue weighted by Gasteiger charge is 2.27. The molecule has 1 aromatic rings. The molecule has 0 aliphatic rings. The van der Waals surface area contributed by atoms with Crippen LogP contribution in [0.25, 0.3) is 0 Å². The highest BCUT2D eigenvalue weighted by atomic mass is 16.5. The second-order valence-corrected chi connectivity index (χ2v) is 4.03. The molecule has 0 atom stereocenters. The standard InChI is InChI=1S/C11H15N3O5/c1-6(2)14(4-7(15)19-3)10(16)8-9(11(17)18)13-5-12-8/h5-6H,4H2,1-3H3,(H,12,13)(H,17,18). The van der Waals surface area contributed by atoms with E-state index in [9.17, 15) is 14.4 Å². The Morgan fingerprint density at radius 3 is 2.58 bits per heavy atom. The van der Waals surface area contributed by atoms with Gasteiger partial charge < -0.3 is 19.7 Å². The first-order valence-corrected chi connectivity index (χ1v) is 5.53. The van der Waals surface area contributed by atoms with Crippen LogP contribution >= 0.6 is 0 Å². The number of hydrogen-bond donors (Lipinski definition) is 2. The van der Waals surface area contributed by atoms with Crippen molar-refractivity contribution in [1.29, 1.82) is 0 Å². The fourth-order valence-corrected chi connectivity index (χ4v) is 1.45. The van der Waals surface area contributed by atoms with E-state index in [1.165, 1.54) is 12.0 Å². The lowest BCUT2D eigenvalue weighted by molar-refractivity contribution is -0.141. The van der Waals surface area contributed by atoms with E-state index in [0.29, 0.717) is 0 Å². The number of imidazole rings is 1. The second kappa shape index (κ2) is 5.98. The largest absolute Gasteiger partial charge is 0.477 e. The predicted molar refractivity (Wildman–Crippen MR) is 63.7 cm³/mol. The summed E-state index contributed by atoms with van der Waals surface area (Å²) < 4.78 is 4.50. The third-order valence-corrected chi connectivity index (χ3v) is 2.47. The summed E-state index contributed by atoms with van der Waals surface area (Å²) in [6, 6.07) is -0.301. The van der Waals surface area contributed by atoms with Crippen LogP contribution in [0.4, 0.5) is 0 Å². The Morgan fingerprint density at radius 1 is 1.47 bits per heavy atom. The number of aromatic amines is 1. The van der Waals surface area contributed by atoms with E-state index in [0.717, 1.165) is 6.33 Å². The molecule has 0 unspecified atom stereocenters. The van der Waals surface area contributed by atoms with Crippen molar-refractivity contribution in [2.24, 2.45) is 0 Å². The Bertz CT molecular complexity index is 494. The van der Waals surface area contributed by atoms with Crippen LogP contribution in [0, 0.1) is 0 Å². The van der Waals surface area contributed by atoms with Crippen LogP contribution in [0.2, 0.25) is 0 Å². The number of nitrogens with zero attached hydrogens (tertiary/aromatic N) is 2. The van der Waals surface area contributed by atoms with Crippen molar-refractivity contribution in [3.05, 3.63) is 17.7 Å². The molecule has 19 heavy (non-hydrogen) atoms. The normalized spacial score (nSPS) is 10.3. The number of carboxylic acid groups (broad SMARTS) is 1. The molecule has 1 amide bonds. The average Bonchev–Trinajstić information content (AvgIpc) is 2.83. The molecular formula is C11H15N3O5. The molecule has 0 aromatic carbocycles. The van der Waals surface area contributed by atoms with E-state index >= 15 is 0 Å². The molecule has 8 heteroatoms. The van der Waals surface area contributed by atoms with Crippen molar-refractivity contribution in [2.75, 3.05) is 13.7 Å². The molecule has 1 aromatic heterocycles. The zero-order valence-corrected chi connectivity index (χ0v) is 10.8. The lowest BCUT2D eigenvalue weighted by atomic mass is 10.2. The monoisotopic (exact) mass is 269 g/mol. The van der Waals surface area contributed by atoms with Crippen molar-refractivity contribution >= 4 is 17.8 Å². The maximum atomic E-state index is 12.2. The van der Waals surface area contributed by atoms with E-state index in [1.54, 1.807) is 13.8 Å². The molecule has 0 radical (unpaired) electrons. The van der Waals surface area contributed by atoms with Gasteiger partial charge in [-0.25, -0.2) is 9.78 Å². The Morgan fingerprint density at radius 2 is 2.11 bits per heavy atom. The Labute approximate surface area is 109 Å². The van der Waals surface area contributed by atoms with Gasteiger partial charge in [0.15, 0.2) is 11.4 Å². The minimum Gasteiger partial charge on any atom is -0.477 e. The third kappa shape index (κ3) is 3.30. The number of methoxy groups -OCH3 is 1. The molecule has 0 aliphatic heterocycles. The molecule has 2 N–H and O–H groups in total. The zero-order valence-electron chi connectivity index (χ0n) is 10.8. The number of nitrogens with one attached hydrogen (secondary N) is 1. The molecule has 0 spiro atoms. The number of H-pyrrole nitrogens is 1. The number of amides is 1. The summed E-state index contributed by atoms with van der Waals surface area (Å²) >= 11 is 0. The van der Waals surface area contributed by atoms with E-state index in [-0.39, 0.29) is 24.0 Å². The highest BCUT2D eigenvalue weighted by Crippen LogP contribution is 2.10. The van der Waals surface area contributed by atoms with Crippen molar-refractivity contribution < 1.29 is 24.2 Å². The summed E-state index contributed by atoms with van der Waals surface area (Å²) in [5.74, 6) is -2.52. The fourth-order valence-electron chi connectivity index (χ4n) is 1.45. The third-order valence-electron chi connectivity index (χ3n) is 2.47. The fraction of sp³-hybridized carbons (Fsp3) is 0.455. The van der Waals surface area contributed by atoms with E-state index in [4.69, 9.17) is 5.11 Å². The number of esters is 1. The van der Waals surface area contributed by atoms with Gasteiger partial charge in [-0.05, 0) is 13.8 Å². The van der Waals surface area contributed by atoms with Crippen molar-refractivity contribution in [3.8, 4) is 0 Å². The summed E-state index contributed by atoms with van der Waals surface area (Å²) in [6.07, 6.45) is 1.12. The van der Waals surface area contributed by atoms with Crippen LogP contribution in [0.3, 0.4) is 0 Å². The first-order valence-electron chi connectivity index (χ1n) is 5.53. The van der Waals surface area contributed by atoms with Crippen molar-refractivity contribution in [1.82, 2.24) is 14.9 Å². The maximum Gasteiger partial charge on any atom is 0.354 e. The van der Waals surface area contributed by atoms with Gasteiger partial charge in [0.25, 0.3) is 5.91 Å². The second-order valence-electron chi connectivity index (χ2n) is 4.03. The average molecular weight is 269 g/mol. The molecule has 0 fully saturated rings. The maximum absolute atomic E-state index is 12.2. The summed E-state index contributed by atoms with van der Waals surface area (Å²) in [5.41, 5.74) is -0.536. The Kier molecular flexibility index (Phi) is 4.62. The molecule has 0 aliphatic carbocycles. The molecular weight excluding hydrogens is 254 g/mol. The molecule has 104 valence electrons. The number of carbonyl (C=O) groups is 3. The van der Waals surface area contributed by atoms with Crippen LogP contribution in [-0.4, -0.2) is 57.5 Å². The van der Waals surface area contributed by atoms with Crippen LogP contribution in [0.15, 0.2) is 6.33 Å². The highest BCUT2D eigenvalue weighted by molar-refractivity contribution is 6.03. The topological polar surface area (TPSA) is 113 Å². The minimum absolute atomic E-state index is 0.231. The molecule has 1 heterocycles. The summed E-state index contributed by atoms with van der Waals surface area (Å²) in [5, 5.41) is 8.92. The Hall–Kier alpha value is -2.38. The van der Waals surface area contributed by atoms with Crippen molar-refractivity contribution in [2.45, 2.75) is 19.9 Å². The van der Waals surface area contributed by atoms with Crippen LogP contribution < -0.4 is 0 Å². The number of aromatic carboxylic acids is 1. The number of carbonyl (C=O) groups excluding carboxylic acids is 2. The summed E-state index contributed by atoms with van der Waals surface area (Å²) in [7, 11) is 1.21. The van der Waals surface area contributed by atoms with Gasteiger partial charge in [-0.1, -0.05) is 0 Å². The lowest BCUT2D eigenvalue weighted by Gasteiger charge is -2.24.